The molecule has 2 aromatic carbocycles. The van der Waals surface area contributed by atoms with E-state index >= 15 is 0 Å². The number of carbonyl (C=O) groups excluding carboxylic acids is 1. The average Bonchev–Trinajstić information content (AvgIpc) is 3.34. The van der Waals surface area contributed by atoms with Gasteiger partial charge in [0, 0.05) is 11.8 Å². The Kier molecular flexibility index (Phi) is 6.94. The van der Waals surface area contributed by atoms with Crippen LogP contribution in [0.25, 0.3) is 10.9 Å². The molecule has 1 unspecified atom stereocenters. The zero-order chi connectivity index (χ0) is 26.3. The first-order valence-electron chi connectivity index (χ1n) is 11.5. The number of anilines is 1. The van der Waals surface area contributed by atoms with E-state index in [2.05, 4.69) is 59.2 Å². The van der Waals surface area contributed by atoms with Gasteiger partial charge in [0.15, 0.2) is 0 Å². The predicted molar refractivity (Wildman–Crippen MR) is 133 cm³/mol. The highest BCUT2D eigenvalue weighted by Crippen LogP contribution is 2.37. The van der Waals surface area contributed by atoms with Crippen molar-refractivity contribution >= 4 is 36.5 Å². The molecule has 2 amide bonds. The number of hydrogen-bond donors (Lipinski definition) is 5. The SMILES string of the molecule is CC(C)(C)c1ccc2c(c1)CCC2NC(=O)Nc1cccc2c1c(CCOP(=O)(O)O)nn2C(=O)O. The minimum absolute atomic E-state index is 0.0328. The van der Waals surface area contributed by atoms with Gasteiger partial charge in [-0.3, -0.25) is 4.52 Å². The number of carbonyl (C=O) groups is 2. The van der Waals surface area contributed by atoms with Crippen molar-refractivity contribution in [2.45, 2.75) is 51.5 Å². The van der Waals surface area contributed by atoms with Gasteiger partial charge in [-0.25, -0.2) is 14.2 Å². The number of amides is 2. The number of phosphoric acid groups is 1. The molecule has 5 N–H and O–H groups in total. The summed E-state index contributed by atoms with van der Waals surface area (Å²) in [5.74, 6) is 0. The van der Waals surface area contributed by atoms with Gasteiger partial charge in [-0.1, -0.05) is 45.0 Å². The lowest BCUT2D eigenvalue weighted by Crippen LogP contribution is -2.31. The van der Waals surface area contributed by atoms with Gasteiger partial charge in [0.2, 0.25) is 0 Å². The van der Waals surface area contributed by atoms with E-state index in [4.69, 9.17) is 9.79 Å². The molecular weight excluding hydrogens is 487 g/mol. The maximum Gasteiger partial charge on any atom is 0.469 e. The highest BCUT2D eigenvalue weighted by atomic mass is 31.2. The maximum atomic E-state index is 13.0. The molecule has 11 nitrogen and oxygen atoms in total. The lowest BCUT2D eigenvalue weighted by atomic mass is 9.85. The van der Waals surface area contributed by atoms with Crippen LogP contribution < -0.4 is 10.6 Å². The van der Waals surface area contributed by atoms with Gasteiger partial charge in [-0.05, 0) is 47.1 Å². The molecule has 1 aromatic heterocycles. The van der Waals surface area contributed by atoms with Crippen molar-refractivity contribution in [1.82, 2.24) is 15.1 Å². The number of phosphoric ester groups is 1. The number of urea groups is 1. The zero-order valence-electron chi connectivity index (χ0n) is 20.2. The molecule has 1 atom stereocenters. The van der Waals surface area contributed by atoms with Crippen LogP contribution in [0.4, 0.5) is 15.3 Å². The van der Waals surface area contributed by atoms with Crippen molar-refractivity contribution in [3.05, 3.63) is 58.8 Å². The number of benzene rings is 2. The van der Waals surface area contributed by atoms with E-state index in [1.54, 1.807) is 12.1 Å². The lowest BCUT2D eigenvalue weighted by Gasteiger charge is -2.21. The summed E-state index contributed by atoms with van der Waals surface area (Å²) in [5, 5.41) is 19.7. The Hall–Kier alpha value is -3.24. The summed E-state index contributed by atoms with van der Waals surface area (Å²) >= 11 is 0. The molecular formula is C24H29N4O7P. The second-order valence-corrected chi connectivity index (χ2v) is 11.0. The molecule has 0 fully saturated rings. The van der Waals surface area contributed by atoms with Gasteiger partial charge in [0.1, 0.15) is 0 Å². The first-order chi connectivity index (χ1) is 16.8. The number of rotatable bonds is 6. The van der Waals surface area contributed by atoms with Gasteiger partial charge < -0.3 is 25.5 Å². The molecule has 3 aromatic rings. The van der Waals surface area contributed by atoms with Crippen LogP contribution in [0.5, 0.6) is 0 Å². The van der Waals surface area contributed by atoms with E-state index in [0.717, 1.165) is 23.1 Å². The number of nitrogens with one attached hydrogen (secondary N) is 2. The van der Waals surface area contributed by atoms with E-state index in [-0.39, 0.29) is 35.7 Å². The molecule has 0 saturated carbocycles. The van der Waals surface area contributed by atoms with Crippen LogP contribution >= 0.6 is 7.82 Å². The Morgan fingerprint density at radius 2 is 1.97 bits per heavy atom. The minimum atomic E-state index is -4.70. The van der Waals surface area contributed by atoms with Crippen molar-refractivity contribution in [3.63, 3.8) is 0 Å². The molecule has 1 aliphatic rings. The predicted octanol–water partition coefficient (Wildman–Crippen LogP) is 4.32. The van der Waals surface area contributed by atoms with E-state index in [1.807, 2.05) is 0 Å². The topological polar surface area (TPSA) is 163 Å². The monoisotopic (exact) mass is 516 g/mol. The number of hydrogen-bond acceptors (Lipinski definition) is 5. The van der Waals surface area contributed by atoms with Crippen LogP contribution in [0.3, 0.4) is 0 Å². The van der Waals surface area contributed by atoms with Crippen molar-refractivity contribution < 1.29 is 33.6 Å². The van der Waals surface area contributed by atoms with Crippen LogP contribution in [-0.2, 0) is 27.3 Å². The Balaban J connectivity index is 1.56. The van der Waals surface area contributed by atoms with Crippen molar-refractivity contribution in [1.29, 1.82) is 0 Å². The molecule has 1 heterocycles. The highest BCUT2D eigenvalue weighted by molar-refractivity contribution is 7.46. The third kappa shape index (κ3) is 5.60. The number of aromatic nitrogens is 2. The fourth-order valence-electron chi connectivity index (χ4n) is 4.48. The van der Waals surface area contributed by atoms with Gasteiger partial charge in [-0.2, -0.15) is 9.78 Å². The molecule has 12 heteroatoms. The average molecular weight is 516 g/mol. The minimum Gasteiger partial charge on any atom is -0.463 e. The molecule has 192 valence electrons. The normalized spacial score (nSPS) is 15.6. The summed E-state index contributed by atoms with van der Waals surface area (Å²) in [4.78, 5) is 42.5. The molecule has 36 heavy (non-hydrogen) atoms. The molecule has 0 radical (unpaired) electrons. The quantitative estimate of drug-likeness (QED) is 0.303. The summed E-state index contributed by atoms with van der Waals surface area (Å²) in [7, 11) is -4.70. The second-order valence-electron chi connectivity index (χ2n) is 9.77. The highest BCUT2D eigenvalue weighted by Gasteiger charge is 2.27. The number of carboxylic acid groups (broad SMARTS) is 1. The summed E-state index contributed by atoms with van der Waals surface area (Å²) in [6.07, 6.45) is 0.215. The Bertz CT molecular complexity index is 1370. The standard InChI is InChI=1S/C24H29N4O7P/c1-24(2,3)15-8-9-16-14(13-15)7-10-17(16)25-22(29)26-18-5-4-6-20-21(18)19(27-28(20)23(30)31)11-12-35-36(32,33)34/h4-6,8-9,13,17H,7,10-12H2,1-3H3,(H,30,31)(H2,25,26,29)(H2,32,33,34). The number of nitrogens with zero attached hydrogens (tertiary/aromatic N) is 2. The maximum absolute atomic E-state index is 13.0. The lowest BCUT2D eigenvalue weighted by molar-refractivity contribution is 0.191. The first kappa shape index (κ1) is 25.8. The molecule has 4 rings (SSSR count). The van der Waals surface area contributed by atoms with E-state index in [1.165, 1.54) is 17.2 Å². The van der Waals surface area contributed by atoms with Gasteiger partial charge >= 0.3 is 19.9 Å². The van der Waals surface area contributed by atoms with E-state index < -0.39 is 19.9 Å². The Labute approximate surface area is 207 Å². The Morgan fingerprint density at radius 1 is 1.22 bits per heavy atom. The third-order valence-corrected chi connectivity index (χ3v) is 6.72. The van der Waals surface area contributed by atoms with Gasteiger partial charge in [0.25, 0.3) is 0 Å². The molecule has 1 aliphatic carbocycles. The van der Waals surface area contributed by atoms with Crippen molar-refractivity contribution in [2.24, 2.45) is 0 Å². The smallest absolute Gasteiger partial charge is 0.463 e. The van der Waals surface area contributed by atoms with Gasteiger partial charge in [0.05, 0.1) is 29.5 Å². The van der Waals surface area contributed by atoms with E-state index in [9.17, 15) is 19.3 Å². The summed E-state index contributed by atoms with van der Waals surface area (Å²) in [6.45, 7) is 6.09. The number of aryl methyl sites for hydroxylation is 1. The zero-order valence-corrected chi connectivity index (χ0v) is 21.1. The van der Waals surface area contributed by atoms with Crippen molar-refractivity contribution in [3.8, 4) is 0 Å². The van der Waals surface area contributed by atoms with Crippen LogP contribution in [0.1, 0.15) is 55.6 Å². The second kappa shape index (κ2) is 9.67. The van der Waals surface area contributed by atoms with Crippen LogP contribution in [-0.4, -0.2) is 43.4 Å². The summed E-state index contributed by atoms with van der Waals surface area (Å²) < 4.78 is 16.3. The molecule has 0 bridgehead atoms. The first-order valence-corrected chi connectivity index (χ1v) is 13.0. The summed E-state index contributed by atoms with van der Waals surface area (Å²) in [5.41, 5.74) is 4.33. The van der Waals surface area contributed by atoms with Gasteiger partial charge in [-0.15, -0.1) is 0 Å². The Morgan fingerprint density at radius 3 is 2.64 bits per heavy atom. The molecule has 0 aliphatic heterocycles. The largest absolute Gasteiger partial charge is 0.469 e. The molecule has 0 spiro atoms. The van der Waals surface area contributed by atoms with Crippen LogP contribution in [0.15, 0.2) is 36.4 Å². The van der Waals surface area contributed by atoms with E-state index in [0.29, 0.717) is 11.1 Å². The molecule has 0 saturated heterocycles. The van der Waals surface area contributed by atoms with Crippen molar-refractivity contribution in [2.75, 3.05) is 11.9 Å². The fourth-order valence-corrected chi connectivity index (χ4v) is 4.81. The number of fused-ring (bicyclic) bond motifs is 2. The van der Waals surface area contributed by atoms with Crippen LogP contribution in [0.2, 0.25) is 0 Å². The fraction of sp³-hybridized carbons (Fsp3) is 0.375. The summed E-state index contributed by atoms with van der Waals surface area (Å²) in [6, 6.07) is 10.5. The third-order valence-electron chi connectivity index (χ3n) is 6.20. The van der Waals surface area contributed by atoms with Crippen LogP contribution in [0, 0.1) is 0 Å².